The lowest BCUT2D eigenvalue weighted by Gasteiger charge is -2.20. The van der Waals surface area contributed by atoms with Gasteiger partial charge in [-0.3, -0.25) is 14.6 Å². The van der Waals surface area contributed by atoms with Crippen LogP contribution in [-0.2, 0) is 4.79 Å². The Balaban J connectivity index is 2.07. The van der Waals surface area contributed by atoms with Gasteiger partial charge < -0.3 is 4.90 Å². The molecule has 0 bridgehead atoms. The van der Waals surface area contributed by atoms with Crippen molar-refractivity contribution in [2.24, 2.45) is 0 Å². The second-order valence-electron chi connectivity index (χ2n) is 4.07. The molecule has 1 aromatic heterocycles. The van der Waals surface area contributed by atoms with E-state index < -0.39 is 11.2 Å². The Labute approximate surface area is 124 Å². The topological polar surface area (TPSA) is 98.9 Å². The molecule has 0 spiro atoms. The zero-order valence-electron chi connectivity index (χ0n) is 11.3. The maximum atomic E-state index is 12.2. The molecule has 0 saturated carbocycles. The van der Waals surface area contributed by atoms with Gasteiger partial charge in [-0.2, -0.15) is 5.10 Å². The number of rotatable bonds is 5. The van der Waals surface area contributed by atoms with E-state index in [-0.39, 0.29) is 16.7 Å². The van der Waals surface area contributed by atoms with E-state index in [1.807, 2.05) is 37.3 Å². The molecular weight excluding hydrogens is 292 g/mol. The van der Waals surface area contributed by atoms with Crippen molar-refractivity contribution >= 4 is 23.4 Å². The third-order valence-corrected chi connectivity index (χ3v) is 3.64. The summed E-state index contributed by atoms with van der Waals surface area (Å²) in [7, 11) is 0. The van der Waals surface area contributed by atoms with Crippen LogP contribution >= 0.6 is 11.8 Å². The van der Waals surface area contributed by atoms with Crippen molar-refractivity contribution in [2.75, 3.05) is 17.2 Å². The Bertz CT molecular complexity index is 726. The Morgan fingerprint density at radius 2 is 2.00 bits per heavy atom. The van der Waals surface area contributed by atoms with E-state index in [1.165, 1.54) is 0 Å². The molecule has 7 nitrogen and oxygen atoms in total. The van der Waals surface area contributed by atoms with Crippen molar-refractivity contribution in [3.05, 3.63) is 51.2 Å². The third kappa shape index (κ3) is 3.82. The van der Waals surface area contributed by atoms with Gasteiger partial charge in [0.15, 0.2) is 5.03 Å². The Morgan fingerprint density at radius 3 is 2.62 bits per heavy atom. The number of hydrogen-bond donors (Lipinski definition) is 2. The summed E-state index contributed by atoms with van der Waals surface area (Å²) >= 11 is 0.986. The molecule has 8 heteroatoms. The Morgan fingerprint density at radius 1 is 1.29 bits per heavy atom. The normalized spacial score (nSPS) is 10.3. The first-order chi connectivity index (χ1) is 10.1. The molecule has 1 heterocycles. The van der Waals surface area contributed by atoms with E-state index in [0.717, 1.165) is 17.4 Å². The number of thioether (sulfide) groups is 1. The van der Waals surface area contributed by atoms with E-state index in [4.69, 9.17) is 0 Å². The van der Waals surface area contributed by atoms with Crippen LogP contribution in [0.4, 0.5) is 5.69 Å². The lowest BCUT2D eigenvalue weighted by molar-refractivity contribution is -0.116. The van der Waals surface area contributed by atoms with Gasteiger partial charge in [-0.25, -0.2) is 9.89 Å². The first-order valence-electron chi connectivity index (χ1n) is 6.29. The summed E-state index contributed by atoms with van der Waals surface area (Å²) in [5.74, 6) is -0.0775. The minimum Gasteiger partial charge on any atom is -0.312 e. The lowest BCUT2D eigenvalue weighted by atomic mass is 10.3. The first kappa shape index (κ1) is 15.0. The number of carbonyl (C=O) groups excluding carboxylic acids is 1. The number of aromatic amines is 2. The van der Waals surface area contributed by atoms with Gasteiger partial charge in [0.1, 0.15) is 0 Å². The van der Waals surface area contributed by atoms with Gasteiger partial charge in [0.05, 0.1) is 5.75 Å². The number of para-hydroxylation sites is 1. The van der Waals surface area contributed by atoms with Crippen LogP contribution in [0.25, 0.3) is 0 Å². The van der Waals surface area contributed by atoms with Gasteiger partial charge in [0.25, 0.3) is 5.56 Å². The van der Waals surface area contributed by atoms with E-state index in [2.05, 4.69) is 15.2 Å². The van der Waals surface area contributed by atoms with E-state index in [9.17, 15) is 14.4 Å². The quantitative estimate of drug-likeness (QED) is 0.788. The number of amides is 1. The highest BCUT2D eigenvalue weighted by Gasteiger charge is 2.15. The molecule has 1 aromatic carbocycles. The second-order valence-corrected chi connectivity index (χ2v) is 5.04. The zero-order chi connectivity index (χ0) is 15.2. The molecule has 2 aromatic rings. The Kier molecular flexibility index (Phi) is 4.94. The van der Waals surface area contributed by atoms with Crippen molar-refractivity contribution in [2.45, 2.75) is 11.9 Å². The monoisotopic (exact) mass is 306 g/mol. The SMILES string of the molecule is CCN(C(=O)CSc1n[nH]c(=O)[nH]c1=O)c1ccccc1. The number of nitrogens with one attached hydrogen (secondary N) is 2. The van der Waals surface area contributed by atoms with Crippen molar-refractivity contribution in [3.8, 4) is 0 Å². The van der Waals surface area contributed by atoms with Crippen molar-refractivity contribution < 1.29 is 4.79 Å². The smallest absolute Gasteiger partial charge is 0.312 e. The zero-order valence-corrected chi connectivity index (χ0v) is 12.1. The predicted molar refractivity (Wildman–Crippen MR) is 80.7 cm³/mol. The molecule has 110 valence electrons. The fourth-order valence-electron chi connectivity index (χ4n) is 1.75. The minimum atomic E-state index is -0.671. The van der Waals surface area contributed by atoms with Crippen molar-refractivity contribution in [3.63, 3.8) is 0 Å². The lowest BCUT2D eigenvalue weighted by Crippen LogP contribution is -2.32. The first-order valence-corrected chi connectivity index (χ1v) is 7.27. The Hall–Kier alpha value is -2.35. The van der Waals surface area contributed by atoms with Crippen LogP contribution in [0.15, 0.2) is 44.9 Å². The van der Waals surface area contributed by atoms with Crippen LogP contribution in [0, 0.1) is 0 Å². The number of nitrogens with zero attached hydrogens (tertiary/aromatic N) is 2. The largest absolute Gasteiger partial charge is 0.342 e. The second kappa shape index (κ2) is 6.89. The molecule has 2 N–H and O–H groups in total. The molecule has 0 fully saturated rings. The standard InChI is InChI=1S/C13H14N4O3S/c1-2-17(9-6-4-3-5-7-9)10(18)8-21-12-11(19)14-13(20)16-15-12/h3-7H,2,8H2,1H3,(H2,14,16,19,20). The number of hydrogen-bond acceptors (Lipinski definition) is 5. The van der Waals surface area contributed by atoms with Crippen molar-refractivity contribution in [1.82, 2.24) is 15.2 Å². The summed E-state index contributed by atoms with van der Waals surface area (Å²) in [6.07, 6.45) is 0. The molecule has 0 aliphatic carbocycles. The van der Waals surface area contributed by atoms with E-state index in [1.54, 1.807) is 4.90 Å². The highest BCUT2D eigenvalue weighted by molar-refractivity contribution is 7.99. The van der Waals surface area contributed by atoms with Gasteiger partial charge in [-0.1, -0.05) is 30.0 Å². The van der Waals surface area contributed by atoms with Crippen LogP contribution in [0.2, 0.25) is 0 Å². The summed E-state index contributed by atoms with van der Waals surface area (Å²) in [5.41, 5.74) is -0.469. The average Bonchev–Trinajstić information content (AvgIpc) is 2.48. The van der Waals surface area contributed by atoms with Crippen LogP contribution in [0.3, 0.4) is 0 Å². The molecule has 0 saturated heterocycles. The summed E-state index contributed by atoms with van der Waals surface area (Å²) in [4.78, 5) is 38.2. The molecular formula is C13H14N4O3S. The highest BCUT2D eigenvalue weighted by atomic mass is 32.2. The fraction of sp³-hybridized carbons (Fsp3) is 0.231. The molecule has 1 amide bonds. The number of carbonyl (C=O) groups is 1. The molecule has 0 atom stereocenters. The maximum Gasteiger partial charge on any atom is 0.342 e. The van der Waals surface area contributed by atoms with E-state index in [0.29, 0.717) is 6.54 Å². The molecule has 0 radical (unpaired) electrons. The highest BCUT2D eigenvalue weighted by Crippen LogP contribution is 2.16. The van der Waals surface area contributed by atoms with Crippen LogP contribution in [-0.4, -0.2) is 33.4 Å². The minimum absolute atomic E-state index is 0.0604. The van der Waals surface area contributed by atoms with Crippen LogP contribution < -0.4 is 16.1 Å². The van der Waals surface area contributed by atoms with Gasteiger partial charge in [-0.15, -0.1) is 0 Å². The number of H-pyrrole nitrogens is 2. The number of benzene rings is 1. The maximum absolute atomic E-state index is 12.2. The molecule has 0 aliphatic rings. The van der Waals surface area contributed by atoms with Gasteiger partial charge >= 0.3 is 5.69 Å². The molecule has 21 heavy (non-hydrogen) atoms. The fourth-order valence-corrected chi connectivity index (χ4v) is 2.46. The third-order valence-electron chi connectivity index (χ3n) is 2.70. The number of aromatic nitrogens is 3. The van der Waals surface area contributed by atoms with Crippen molar-refractivity contribution in [1.29, 1.82) is 0 Å². The summed E-state index contributed by atoms with van der Waals surface area (Å²) in [5, 5.41) is 5.81. The predicted octanol–water partition coefficient (Wildman–Crippen LogP) is 0.603. The van der Waals surface area contributed by atoms with E-state index >= 15 is 0 Å². The van der Waals surface area contributed by atoms with Gasteiger partial charge in [-0.05, 0) is 19.1 Å². The summed E-state index contributed by atoms with van der Waals surface area (Å²) < 4.78 is 0. The summed E-state index contributed by atoms with van der Waals surface area (Å²) in [6, 6.07) is 9.27. The molecule has 2 rings (SSSR count). The van der Waals surface area contributed by atoms with Crippen LogP contribution in [0.5, 0.6) is 0 Å². The average molecular weight is 306 g/mol. The molecule has 0 aliphatic heterocycles. The summed E-state index contributed by atoms with van der Waals surface area (Å²) in [6.45, 7) is 2.40. The van der Waals surface area contributed by atoms with Crippen LogP contribution in [0.1, 0.15) is 6.92 Å². The van der Waals surface area contributed by atoms with Gasteiger partial charge in [0.2, 0.25) is 5.91 Å². The van der Waals surface area contributed by atoms with Gasteiger partial charge in [0, 0.05) is 12.2 Å². The molecule has 0 unspecified atom stereocenters. The number of anilines is 1.